The number of para-hydroxylation sites is 2. The van der Waals surface area contributed by atoms with Gasteiger partial charge in [-0.15, -0.1) is 0 Å². The van der Waals surface area contributed by atoms with E-state index in [2.05, 4.69) is 17.3 Å². The van der Waals surface area contributed by atoms with Crippen LogP contribution in [0.15, 0.2) is 48.5 Å². The van der Waals surface area contributed by atoms with Gasteiger partial charge in [0.15, 0.2) is 0 Å². The van der Waals surface area contributed by atoms with Crippen LogP contribution in [0.1, 0.15) is 28.8 Å². The lowest BCUT2D eigenvalue weighted by molar-refractivity contribution is -0.182. The molecule has 1 aliphatic heterocycles. The van der Waals surface area contributed by atoms with Crippen molar-refractivity contribution in [3.05, 3.63) is 59.7 Å². The van der Waals surface area contributed by atoms with Crippen LogP contribution >= 0.6 is 0 Å². The van der Waals surface area contributed by atoms with E-state index in [9.17, 15) is 9.59 Å². The van der Waals surface area contributed by atoms with Crippen LogP contribution in [-0.4, -0.2) is 49.0 Å². The fourth-order valence-electron chi connectivity index (χ4n) is 3.47. The number of carbonyl (C=O) groups is 2. The van der Waals surface area contributed by atoms with Gasteiger partial charge in [-0.2, -0.15) is 0 Å². The zero-order valence-corrected chi connectivity index (χ0v) is 16.7. The highest BCUT2D eigenvalue weighted by molar-refractivity contribution is 6.05. The quantitative estimate of drug-likeness (QED) is 0.407. The Bertz CT molecular complexity index is 825. The van der Waals surface area contributed by atoms with Crippen molar-refractivity contribution >= 4 is 23.7 Å². The van der Waals surface area contributed by atoms with Gasteiger partial charge in [-0.1, -0.05) is 24.3 Å². The molecule has 7 heteroatoms. The zero-order chi connectivity index (χ0) is 20.6. The molecule has 0 spiro atoms. The molecule has 0 radical (unpaired) electrons. The van der Waals surface area contributed by atoms with E-state index in [1.807, 2.05) is 24.3 Å². The molecule has 1 saturated heterocycles. The molecule has 2 aromatic rings. The van der Waals surface area contributed by atoms with Gasteiger partial charge < -0.3 is 16.0 Å². The van der Waals surface area contributed by atoms with Crippen LogP contribution in [0.25, 0.3) is 0 Å². The van der Waals surface area contributed by atoms with Crippen molar-refractivity contribution in [2.24, 2.45) is 5.92 Å². The van der Waals surface area contributed by atoms with Crippen molar-refractivity contribution in [2.75, 3.05) is 37.8 Å². The molecule has 0 aliphatic carbocycles. The number of nitrogens with zero attached hydrogens (tertiary/aromatic N) is 2. The van der Waals surface area contributed by atoms with Crippen molar-refractivity contribution < 1.29 is 14.4 Å². The molecular formula is C22H28N4O3. The van der Waals surface area contributed by atoms with Gasteiger partial charge in [-0.05, 0) is 62.2 Å². The normalized spacial score (nSPS) is 16.9. The number of piperidine rings is 1. The summed E-state index contributed by atoms with van der Waals surface area (Å²) in [5, 5.41) is 4.11. The summed E-state index contributed by atoms with van der Waals surface area (Å²) in [6.45, 7) is 2.97. The number of nitrogen functional groups attached to an aromatic ring is 1. The summed E-state index contributed by atoms with van der Waals surface area (Å²) in [6, 6.07) is 14.2. The number of hydrogen-bond acceptors (Lipinski definition) is 5. The van der Waals surface area contributed by atoms with Gasteiger partial charge in [0.2, 0.25) is 6.41 Å². The van der Waals surface area contributed by atoms with E-state index in [1.54, 1.807) is 24.3 Å². The van der Waals surface area contributed by atoms with Gasteiger partial charge in [0.1, 0.15) is 0 Å². The van der Waals surface area contributed by atoms with Crippen molar-refractivity contribution in [3.63, 3.8) is 0 Å². The summed E-state index contributed by atoms with van der Waals surface area (Å²) in [4.78, 5) is 31.8. The average molecular weight is 396 g/mol. The lowest BCUT2D eigenvalue weighted by atomic mass is 10.00. The number of benzene rings is 2. The predicted molar refractivity (Wildman–Crippen MR) is 113 cm³/mol. The molecule has 1 atom stereocenters. The summed E-state index contributed by atoms with van der Waals surface area (Å²) in [6.07, 6.45) is 2.97. The first-order chi connectivity index (χ1) is 14.0. The minimum Gasteiger partial charge on any atom is -0.397 e. The molecule has 3 rings (SSSR count). The van der Waals surface area contributed by atoms with Crippen molar-refractivity contribution in [2.45, 2.75) is 19.4 Å². The fraction of sp³-hybridized carbons (Fsp3) is 0.364. The lowest BCUT2D eigenvalue weighted by Crippen LogP contribution is -2.36. The van der Waals surface area contributed by atoms with Gasteiger partial charge in [0.05, 0.1) is 24.5 Å². The van der Waals surface area contributed by atoms with E-state index < -0.39 is 0 Å². The predicted octanol–water partition coefficient (Wildman–Crippen LogP) is 2.75. The van der Waals surface area contributed by atoms with Crippen molar-refractivity contribution in [1.29, 1.82) is 0 Å². The third-order valence-corrected chi connectivity index (χ3v) is 5.08. The van der Waals surface area contributed by atoms with E-state index in [0.29, 0.717) is 42.4 Å². The summed E-state index contributed by atoms with van der Waals surface area (Å²) in [7, 11) is 2.10. The SMILES string of the molecule is CN1CCCC(CON(C=O)Cc2ccc(C(=O)Nc3ccccc3N)cc2)C1. The Balaban J connectivity index is 1.52. The second kappa shape index (κ2) is 10.0. The molecule has 1 fully saturated rings. The maximum atomic E-state index is 12.4. The van der Waals surface area contributed by atoms with Gasteiger partial charge in [-0.3, -0.25) is 14.4 Å². The zero-order valence-electron chi connectivity index (χ0n) is 16.7. The molecule has 0 aromatic heterocycles. The third kappa shape index (κ3) is 6.04. The molecule has 7 nitrogen and oxygen atoms in total. The van der Waals surface area contributed by atoms with E-state index in [0.717, 1.165) is 31.5 Å². The number of amides is 2. The molecule has 2 amide bonds. The number of anilines is 2. The highest BCUT2D eigenvalue weighted by Crippen LogP contribution is 2.19. The largest absolute Gasteiger partial charge is 0.397 e. The highest BCUT2D eigenvalue weighted by Gasteiger charge is 2.18. The van der Waals surface area contributed by atoms with Crippen LogP contribution in [0.5, 0.6) is 0 Å². The number of hydrogen-bond donors (Lipinski definition) is 2. The highest BCUT2D eigenvalue weighted by atomic mass is 16.7. The molecule has 2 aromatic carbocycles. The second-order valence-corrected chi connectivity index (χ2v) is 7.49. The maximum Gasteiger partial charge on any atom is 0.255 e. The van der Waals surface area contributed by atoms with Crippen LogP contribution in [0.4, 0.5) is 11.4 Å². The van der Waals surface area contributed by atoms with Crippen LogP contribution in [0.2, 0.25) is 0 Å². The molecule has 154 valence electrons. The molecular weight excluding hydrogens is 368 g/mol. The summed E-state index contributed by atoms with van der Waals surface area (Å²) in [5.41, 5.74) is 8.35. The first-order valence-electron chi connectivity index (χ1n) is 9.83. The van der Waals surface area contributed by atoms with Crippen molar-refractivity contribution in [3.8, 4) is 0 Å². The molecule has 0 saturated carbocycles. The number of hydroxylamine groups is 2. The number of likely N-dealkylation sites (tertiary alicyclic amines) is 1. The van der Waals surface area contributed by atoms with Crippen LogP contribution in [0.3, 0.4) is 0 Å². The number of nitrogens with one attached hydrogen (secondary N) is 1. The monoisotopic (exact) mass is 396 g/mol. The van der Waals surface area contributed by atoms with Gasteiger partial charge >= 0.3 is 0 Å². The molecule has 1 aliphatic rings. The van der Waals surface area contributed by atoms with Gasteiger partial charge in [0, 0.05) is 12.1 Å². The first-order valence-corrected chi connectivity index (χ1v) is 9.83. The number of nitrogens with two attached hydrogens (primary N) is 1. The summed E-state index contributed by atoms with van der Waals surface area (Å²) < 4.78 is 0. The smallest absolute Gasteiger partial charge is 0.255 e. The Morgan fingerprint density at radius 1 is 1.28 bits per heavy atom. The van der Waals surface area contributed by atoms with Crippen LogP contribution in [-0.2, 0) is 16.2 Å². The van der Waals surface area contributed by atoms with Gasteiger partial charge in [-0.25, -0.2) is 5.06 Å². The van der Waals surface area contributed by atoms with Crippen molar-refractivity contribution in [1.82, 2.24) is 9.96 Å². The molecule has 1 heterocycles. The third-order valence-electron chi connectivity index (χ3n) is 5.08. The number of rotatable bonds is 8. The minimum absolute atomic E-state index is 0.237. The Hall–Kier alpha value is -2.90. The summed E-state index contributed by atoms with van der Waals surface area (Å²) >= 11 is 0. The van der Waals surface area contributed by atoms with Crippen LogP contribution in [0, 0.1) is 5.92 Å². The van der Waals surface area contributed by atoms with E-state index in [4.69, 9.17) is 10.6 Å². The molecule has 1 unspecified atom stereocenters. The van der Waals surface area contributed by atoms with E-state index in [1.165, 1.54) is 5.06 Å². The molecule has 0 bridgehead atoms. The van der Waals surface area contributed by atoms with E-state index >= 15 is 0 Å². The topological polar surface area (TPSA) is 87.9 Å². The molecule has 29 heavy (non-hydrogen) atoms. The maximum absolute atomic E-state index is 12.4. The Labute approximate surface area is 171 Å². The van der Waals surface area contributed by atoms with Crippen LogP contribution < -0.4 is 11.1 Å². The average Bonchev–Trinajstić information content (AvgIpc) is 2.73. The second-order valence-electron chi connectivity index (χ2n) is 7.49. The minimum atomic E-state index is -0.237. The fourth-order valence-corrected chi connectivity index (χ4v) is 3.47. The van der Waals surface area contributed by atoms with Gasteiger partial charge in [0.25, 0.3) is 5.91 Å². The summed E-state index contributed by atoms with van der Waals surface area (Å²) in [5.74, 6) is 0.201. The first kappa shape index (κ1) is 20.8. The Morgan fingerprint density at radius 3 is 2.72 bits per heavy atom. The lowest BCUT2D eigenvalue weighted by Gasteiger charge is -2.30. The number of carbonyl (C=O) groups excluding carboxylic acids is 2. The molecule has 3 N–H and O–H groups in total. The Morgan fingerprint density at radius 2 is 2.03 bits per heavy atom. The Kier molecular flexibility index (Phi) is 7.21. The standard InChI is InChI=1S/C22H28N4O3/c1-25-12-4-5-18(13-25)15-29-26(16-27)14-17-8-10-19(11-9-17)22(28)24-21-7-3-2-6-20(21)23/h2-3,6-11,16,18H,4-5,12-15,23H2,1H3,(H,24,28). The van der Waals surface area contributed by atoms with E-state index in [-0.39, 0.29) is 5.91 Å².